The summed E-state index contributed by atoms with van der Waals surface area (Å²) in [4.78, 5) is 15.5. The topological polar surface area (TPSA) is 129 Å². The van der Waals surface area contributed by atoms with Gasteiger partial charge in [-0.1, -0.05) is 0 Å². The minimum atomic E-state index is -0.932. The van der Waals surface area contributed by atoms with Gasteiger partial charge in [-0.2, -0.15) is 5.10 Å². The highest BCUT2D eigenvalue weighted by atomic mass is 16.5. The third kappa shape index (κ3) is 2.79. The van der Waals surface area contributed by atoms with Gasteiger partial charge in [0.05, 0.1) is 28.5 Å². The number of hydrogen-bond donors (Lipinski definition) is 3. The van der Waals surface area contributed by atoms with Crippen molar-refractivity contribution in [2.45, 2.75) is 6.10 Å². The number of nitrogen functional groups attached to an aromatic ring is 1. The smallest absolute Gasteiger partial charge is 0.252 e. The van der Waals surface area contributed by atoms with Gasteiger partial charge in [0.2, 0.25) is 0 Å². The second-order valence-electron chi connectivity index (χ2n) is 4.85. The summed E-state index contributed by atoms with van der Waals surface area (Å²) in [6, 6.07) is 6.73. The van der Waals surface area contributed by atoms with E-state index in [1.807, 2.05) is 0 Å². The van der Waals surface area contributed by atoms with Gasteiger partial charge in [-0.15, -0.1) is 0 Å². The van der Waals surface area contributed by atoms with Gasteiger partial charge < -0.3 is 20.9 Å². The lowest BCUT2D eigenvalue weighted by Gasteiger charge is -2.13. The lowest BCUT2D eigenvalue weighted by molar-refractivity contribution is -0.128. The lowest BCUT2D eigenvalue weighted by Crippen LogP contribution is -2.23. The van der Waals surface area contributed by atoms with Gasteiger partial charge in [-0.05, 0) is 18.2 Å². The number of anilines is 1. The van der Waals surface area contributed by atoms with Crippen molar-refractivity contribution in [1.82, 2.24) is 15.2 Å². The van der Waals surface area contributed by atoms with Crippen LogP contribution in [0, 0.1) is 0 Å². The highest BCUT2D eigenvalue weighted by Gasteiger charge is 2.19. The predicted molar refractivity (Wildman–Crippen MR) is 83.8 cm³/mol. The van der Waals surface area contributed by atoms with Crippen LogP contribution in [0.2, 0.25) is 0 Å². The van der Waals surface area contributed by atoms with Crippen LogP contribution >= 0.6 is 0 Å². The third-order valence-corrected chi connectivity index (χ3v) is 3.35. The van der Waals surface area contributed by atoms with E-state index in [1.165, 1.54) is 13.3 Å². The van der Waals surface area contributed by atoms with Crippen molar-refractivity contribution in [2.75, 3.05) is 12.8 Å². The van der Waals surface area contributed by atoms with Gasteiger partial charge in [0.25, 0.3) is 5.91 Å². The number of fused-ring (bicyclic) bond motifs is 1. The number of pyridine rings is 1. The zero-order chi connectivity index (χ0) is 16.4. The molecule has 0 aliphatic carbocycles. The van der Waals surface area contributed by atoms with Crippen LogP contribution in [0.1, 0.15) is 11.8 Å². The Balaban J connectivity index is 1.95. The number of aromatic amines is 1. The van der Waals surface area contributed by atoms with E-state index in [0.29, 0.717) is 28.4 Å². The van der Waals surface area contributed by atoms with Gasteiger partial charge in [0, 0.05) is 19.4 Å². The maximum absolute atomic E-state index is 11.4. The molecule has 5 N–H and O–H groups in total. The highest BCUT2D eigenvalue weighted by Crippen LogP contribution is 2.32. The normalized spacial score (nSPS) is 12.2. The number of nitrogens with two attached hydrogens (primary N) is 2. The highest BCUT2D eigenvalue weighted by molar-refractivity contribution is 5.93. The minimum absolute atomic E-state index is 0.372. The molecule has 8 nitrogen and oxygen atoms in total. The van der Waals surface area contributed by atoms with Crippen LogP contribution in [0.4, 0.5) is 5.69 Å². The number of nitrogens with one attached hydrogen (secondary N) is 1. The third-order valence-electron chi connectivity index (χ3n) is 3.35. The number of hydrogen-bond acceptors (Lipinski definition) is 6. The Morgan fingerprint density at radius 3 is 2.91 bits per heavy atom. The first-order chi connectivity index (χ1) is 11.1. The van der Waals surface area contributed by atoms with E-state index in [0.717, 1.165) is 5.39 Å². The second kappa shape index (κ2) is 5.93. The second-order valence-corrected chi connectivity index (χ2v) is 4.85. The van der Waals surface area contributed by atoms with Crippen molar-refractivity contribution >= 4 is 22.5 Å². The fraction of sp³-hybridized carbons (Fsp3) is 0.133. The Hall–Kier alpha value is -3.13. The molecule has 3 aromatic rings. The first kappa shape index (κ1) is 14.8. The molecule has 3 rings (SSSR count). The molecule has 1 aromatic carbocycles. The summed E-state index contributed by atoms with van der Waals surface area (Å²) in [5, 5.41) is 7.54. The molecule has 0 aliphatic rings. The average Bonchev–Trinajstić information content (AvgIpc) is 3.02. The molecule has 2 aromatic heterocycles. The van der Waals surface area contributed by atoms with Crippen LogP contribution in [0.5, 0.6) is 11.5 Å². The van der Waals surface area contributed by atoms with E-state index >= 15 is 0 Å². The van der Waals surface area contributed by atoms with Gasteiger partial charge in [-0.25, -0.2) is 0 Å². The molecular weight excluding hydrogens is 298 g/mol. The van der Waals surface area contributed by atoms with Crippen molar-refractivity contribution in [3.63, 3.8) is 0 Å². The Labute approximate surface area is 131 Å². The number of nitrogens with zero attached hydrogens (tertiary/aromatic N) is 2. The molecule has 8 heteroatoms. The maximum Gasteiger partial charge on any atom is 0.252 e. The number of amides is 1. The first-order valence-electron chi connectivity index (χ1n) is 6.77. The minimum Gasteiger partial charge on any atom is -0.456 e. The van der Waals surface area contributed by atoms with Crippen LogP contribution in [-0.4, -0.2) is 28.2 Å². The predicted octanol–water partition coefficient (Wildman–Crippen LogP) is 1.51. The van der Waals surface area contributed by atoms with Crippen molar-refractivity contribution in [3.05, 3.63) is 42.4 Å². The molecule has 0 radical (unpaired) electrons. The molecule has 0 fully saturated rings. The van der Waals surface area contributed by atoms with Crippen LogP contribution in [-0.2, 0) is 9.53 Å². The monoisotopic (exact) mass is 313 g/mol. The fourth-order valence-electron chi connectivity index (χ4n) is 2.27. The molecule has 0 saturated heterocycles. The number of rotatable bonds is 5. The molecule has 0 saturated carbocycles. The molecule has 1 atom stereocenters. The molecule has 23 heavy (non-hydrogen) atoms. The van der Waals surface area contributed by atoms with Crippen LogP contribution in [0.25, 0.3) is 10.9 Å². The molecule has 0 aliphatic heterocycles. The van der Waals surface area contributed by atoms with E-state index in [-0.39, 0.29) is 0 Å². The number of carbonyl (C=O) groups is 1. The lowest BCUT2D eigenvalue weighted by atomic mass is 10.2. The summed E-state index contributed by atoms with van der Waals surface area (Å²) in [6.45, 7) is 0. The Morgan fingerprint density at radius 1 is 1.35 bits per heavy atom. The van der Waals surface area contributed by atoms with Gasteiger partial charge in [0.15, 0.2) is 6.10 Å². The van der Waals surface area contributed by atoms with Crippen LogP contribution in [0.3, 0.4) is 0 Å². The van der Waals surface area contributed by atoms with Crippen LogP contribution < -0.4 is 16.2 Å². The van der Waals surface area contributed by atoms with Gasteiger partial charge >= 0.3 is 0 Å². The molecule has 2 heterocycles. The molecule has 1 unspecified atom stereocenters. The molecular formula is C15H15N5O3. The quantitative estimate of drug-likeness (QED) is 0.612. The summed E-state index contributed by atoms with van der Waals surface area (Å²) in [7, 11) is 1.39. The Kier molecular flexibility index (Phi) is 3.82. The summed E-state index contributed by atoms with van der Waals surface area (Å²) in [5.41, 5.74) is 12.8. The number of benzene rings is 1. The van der Waals surface area contributed by atoms with Crippen molar-refractivity contribution < 1.29 is 14.3 Å². The van der Waals surface area contributed by atoms with E-state index in [9.17, 15) is 4.79 Å². The molecule has 0 spiro atoms. The standard InChI is InChI=1S/C15H15N5O3/c1-22-14(15(17)21)11-6-8(4-5-18-11)23-12-3-2-10(16)13-9(12)7-19-20-13/h2-7,14H,16H2,1H3,(H2,17,21)(H,19,20). The van der Waals surface area contributed by atoms with Crippen molar-refractivity contribution in [2.24, 2.45) is 5.73 Å². The SMILES string of the molecule is COC(C(N)=O)c1cc(Oc2ccc(N)c3[nH]ncc23)ccn1. The Morgan fingerprint density at radius 2 is 2.17 bits per heavy atom. The summed E-state index contributed by atoms with van der Waals surface area (Å²) < 4.78 is 10.9. The zero-order valence-electron chi connectivity index (χ0n) is 12.3. The van der Waals surface area contributed by atoms with E-state index < -0.39 is 12.0 Å². The van der Waals surface area contributed by atoms with E-state index in [2.05, 4.69) is 15.2 Å². The van der Waals surface area contributed by atoms with Crippen molar-refractivity contribution in [1.29, 1.82) is 0 Å². The van der Waals surface area contributed by atoms with Gasteiger partial charge in [-0.3, -0.25) is 14.9 Å². The number of methoxy groups -OCH3 is 1. The maximum atomic E-state index is 11.4. The fourth-order valence-corrected chi connectivity index (χ4v) is 2.27. The van der Waals surface area contributed by atoms with Crippen LogP contribution in [0.15, 0.2) is 36.7 Å². The summed E-state index contributed by atoms with van der Waals surface area (Å²) in [5.74, 6) is 0.445. The average molecular weight is 313 g/mol. The molecule has 1 amide bonds. The number of carbonyl (C=O) groups excluding carboxylic acids is 1. The molecule has 118 valence electrons. The van der Waals surface area contributed by atoms with E-state index in [4.69, 9.17) is 20.9 Å². The Bertz CT molecular complexity index is 861. The summed E-state index contributed by atoms with van der Waals surface area (Å²) >= 11 is 0. The van der Waals surface area contributed by atoms with Gasteiger partial charge in [0.1, 0.15) is 11.5 Å². The largest absolute Gasteiger partial charge is 0.456 e. The number of aromatic nitrogens is 3. The van der Waals surface area contributed by atoms with Crippen molar-refractivity contribution in [3.8, 4) is 11.5 Å². The molecule has 0 bridgehead atoms. The van der Waals surface area contributed by atoms with E-state index in [1.54, 1.807) is 30.5 Å². The number of primary amides is 1. The zero-order valence-corrected chi connectivity index (χ0v) is 12.3. The first-order valence-corrected chi connectivity index (χ1v) is 6.77. The number of H-pyrrole nitrogens is 1. The number of ether oxygens (including phenoxy) is 2. The summed E-state index contributed by atoms with van der Waals surface area (Å²) in [6.07, 6.45) is 2.22.